The molecule has 1 aliphatic rings. The van der Waals surface area contributed by atoms with Crippen LogP contribution < -0.4 is 14.8 Å². The fraction of sp³-hybridized carbons (Fsp3) is 0.294. The summed E-state index contributed by atoms with van der Waals surface area (Å²) in [5, 5.41) is 2.55. The van der Waals surface area contributed by atoms with Crippen LogP contribution >= 0.6 is 27.3 Å². The Bertz CT molecular complexity index is 804. The van der Waals surface area contributed by atoms with Crippen molar-refractivity contribution < 1.29 is 23.8 Å². The third-order valence-electron chi connectivity index (χ3n) is 3.46. The molecule has 2 aromatic rings. The summed E-state index contributed by atoms with van der Waals surface area (Å²) in [6.45, 7) is 2.81. The predicted octanol–water partition coefficient (Wildman–Crippen LogP) is 3.06. The number of fused-ring (bicyclic) bond motifs is 1. The molecule has 1 N–H and O–H groups in total. The normalized spacial score (nSPS) is 12.6. The zero-order valence-corrected chi connectivity index (χ0v) is 15.9. The highest BCUT2D eigenvalue weighted by atomic mass is 79.9. The Labute approximate surface area is 157 Å². The van der Waals surface area contributed by atoms with Gasteiger partial charge in [-0.25, -0.2) is 0 Å². The van der Waals surface area contributed by atoms with Crippen LogP contribution in [0, 0.1) is 6.92 Å². The molecular weight excluding hydrogens is 410 g/mol. The molecule has 0 spiro atoms. The monoisotopic (exact) mass is 425 g/mol. The van der Waals surface area contributed by atoms with Gasteiger partial charge in [0.2, 0.25) is 0 Å². The van der Waals surface area contributed by atoms with E-state index in [4.69, 9.17) is 14.2 Å². The summed E-state index contributed by atoms with van der Waals surface area (Å²) in [5.41, 5.74) is 0.762. The fourth-order valence-corrected chi connectivity index (χ4v) is 3.44. The van der Waals surface area contributed by atoms with Gasteiger partial charge in [0.15, 0.2) is 11.5 Å². The standard InChI is InChI=1S/C17H16BrNO5S/c1-10-2-3-15(25-10)17(21)19-8-16(20)24-9-11-6-13-14(7-12(11)18)23-5-4-22-13/h2-3,6-7H,4-5,8-9H2,1H3,(H,19,21). The van der Waals surface area contributed by atoms with E-state index in [1.165, 1.54) is 11.3 Å². The second kappa shape index (κ2) is 7.88. The lowest BCUT2D eigenvalue weighted by molar-refractivity contribution is -0.143. The van der Waals surface area contributed by atoms with E-state index in [1.54, 1.807) is 18.2 Å². The summed E-state index contributed by atoms with van der Waals surface area (Å²) in [7, 11) is 0. The molecule has 0 aliphatic carbocycles. The molecule has 8 heteroatoms. The lowest BCUT2D eigenvalue weighted by atomic mass is 10.2. The maximum Gasteiger partial charge on any atom is 0.325 e. The second-order valence-corrected chi connectivity index (χ2v) is 7.48. The van der Waals surface area contributed by atoms with Crippen molar-refractivity contribution in [3.05, 3.63) is 44.1 Å². The SMILES string of the molecule is Cc1ccc(C(=O)NCC(=O)OCc2cc3c(cc2Br)OCCO3)s1. The van der Waals surface area contributed by atoms with Gasteiger partial charge in [0, 0.05) is 14.9 Å². The maximum absolute atomic E-state index is 11.9. The first kappa shape index (κ1) is 17.8. The number of thiophene rings is 1. The summed E-state index contributed by atoms with van der Waals surface area (Å²) in [4.78, 5) is 25.4. The van der Waals surface area contributed by atoms with Crippen molar-refractivity contribution in [1.82, 2.24) is 5.32 Å². The Kier molecular flexibility index (Phi) is 5.60. The van der Waals surface area contributed by atoms with Crippen LogP contribution in [0.3, 0.4) is 0 Å². The van der Waals surface area contributed by atoms with Gasteiger partial charge in [0.1, 0.15) is 26.4 Å². The van der Waals surface area contributed by atoms with Gasteiger partial charge in [-0.1, -0.05) is 15.9 Å². The quantitative estimate of drug-likeness (QED) is 0.745. The summed E-state index contributed by atoms with van der Waals surface area (Å²) >= 11 is 4.80. The van der Waals surface area contributed by atoms with E-state index in [9.17, 15) is 9.59 Å². The first-order valence-electron chi connectivity index (χ1n) is 7.61. The van der Waals surface area contributed by atoms with Crippen LogP contribution in [0.1, 0.15) is 20.1 Å². The van der Waals surface area contributed by atoms with Crippen molar-refractivity contribution in [2.24, 2.45) is 0 Å². The van der Waals surface area contributed by atoms with Gasteiger partial charge in [-0.05, 0) is 31.2 Å². The van der Waals surface area contributed by atoms with E-state index in [0.29, 0.717) is 29.6 Å². The number of amides is 1. The van der Waals surface area contributed by atoms with Crippen molar-refractivity contribution in [3.63, 3.8) is 0 Å². The van der Waals surface area contributed by atoms with Crippen molar-refractivity contribution in [3.8, 4) is 11.5 Å². The Balaban J connectivity index is 1.51. The number of carbonyl (C=O) groups excluding carboxylic acids is 2. The van der Waals surface area contributed by atoms with Gasteiger partial charge in [-0.2, -0.15) is 0 Å². The lowest BCUT2D eigenvalue weighted by Crippen LogP contribution is -2.30. The third-order valence-corrected chi connectivity index (χ3v) is 5.19. The molecule has 6 nitrogen and oxygen atoms in total. The molecule has 0 unspecified atom stereocenters. The molecule has 132 valence electrons. The number of aryl methyl sites for hydroxylation is 1. The molecule has 0 bridgehead atoms. The van der Waals surface area contributed by atoms with Crippen LogP contribution in [-0.4, -0.2) is 31.6 Å². The van der Waals surface area contributed by atoms with Crippen LogP contribution in [-0.2, 0) is 16.1 Å². The van der Waals surface area contributed by atoms with Crippen molar-refractivity contribution in [1.29, 1.82) is 0 Å². The van der Waals surface area contributed by atoms with E-state index >= 15 is 0 Å². The van der Waals surface area contributed by atoms with Crippen LogP contribution in [0.15, 0.2) is 28.7 Å². The number of ether oxygens (including phenoxy) is 3. The smallest absolute Gasteiger partial charge is 0.325 e. The summed E-state index contributed by atoms with van der Waals surface area (Å²) in [6.07, 6.45) is 0. The summed E-state index contributed by atoms with van der Waals surface area (Å²) < 4.78 is 17.0. The molecule has 1 aliphatic heterocycles. The molecule has 2 heterocycles. The minimum Gasteiger partial charge on any atom is -0.486 e. The number of halogens is 1. The molecule has 0 atom stereocenters. The molecule has 1 aromatic heterocycles. The molecule has 1 aromatic carbocycles. The van der Waals surface area contributed by atoms with Crippen LogP contribution in [0.4, 0.5) is 0 Å². The number of hydrogen-bond donors (Lipinski definition) is 1. The van der Waals surface area contributed by atoms with E-state index in [-0.39, 0.29) is 19.1 Å². The lowest BCUT2D eigenvalue weighted by Gasteiger charge is -2.19. The number of hydrogen-bond acceptors (Lipinski definition) is 6. The van der Waals surface area contributed by atoms with E-state index in [2.05, 4.69) is 21.2 Å². The zero-order valence-electron chi connectivity index (χ0n) is 13.5. The minimum atomic E-state index is -0.511. The fourth-order valence-electron chi connectivity index (χ4n) is 2.22. The Hall–Kier alpha value is -2.06. The molecule has 0 saturated carbocycles. The Morgan fingerprint density at radius 2 is 1.96 bits per heavy atom. The minimum absolute atomic E-state index is 0.0734. The van der Waals surface area contributed by atoms with Gasteiger partial charge in [0.05, 0.1) is 4.88 Å². The van der Waals surface area contributed by atoms with Gasteiger partial charge in [0.25, 0.3) is 5.91 Å². The number of esters is 1. The van der Waals surface area contributed by atoms with Crippen LogP contribution in [0.5, 0.6) is 11.5 Å². The van der Waals surface area contributed by atoms with Gasteiger partial charge in [-0.15, -0.1) is 11.3 Å². The average Bonchev–Trinajstić information content (AvgIpc) is 3.04. The highest BCUT2D eigenvalue weighted by Gasteiger charge is 2.16. The first-order valence-corrected chi connectivity index (χ1v) is 9.22. The number of benzene rings is 1. The van der Waals surface area contributed by atoms with Crippen molar-refractivity contribution in [2.45, 2.75) is 13.5 Å². The Morgan fingerprint density at radius 3 is 2.64 bits per heavy atom. The molecule has 25 heavy (non-hydrogen) atoms. The van der Waals surface area contributed by atoms with Crippen LogP contribution in [0.25, 0.3) is 0 Å². The number of rotatable bonds is 5. The second-order valence-electron chi connectivity index (χ2n) is 5.34. The maximum atomic E-state index is 11.9. The summed E-state index contributed by atoms with van der Waals surface area (Å²) in [6, 6.07) is 7.15. The average molecular weight is 426 g/mol. The van der Waals surface area contributed by atoms with E-state index in [1.807, 2.05) is 13.0 Å². The predicted molar refractivity (Wildman–Crippen MR) is 96.3 cm³/mol. The van der Waals surface area contributed by atoms with Gasteiger partial charge in [-0.3, -0.25) is 9.59 Å². The number of carbonyl (C=O) groups is 2. The van der Waals surface area contributed by atoms with Crippen molar-refractivity contribution >= 4 is 39.1 Å². The molecule has 3 rings (SSSR count). The van der Waals surface area contributed by atoms with Crippen molar-refractivity contribution in [2.75, 3.05) is 19.8 Å². The molecule has 0 radical (unpaired) electrons. The van der Waals surface area contributed by atoms with E-state index in [0.717, 1.165) is 14.9 Å². The first-order chi connectivity index (χ1) is 12.0. The zero-order chi connectivity index (χ0) is 17.8. The number of nitrogens with one attached hydrogen (secondary N) is 1. The highest BCUT2D eigenvalue weighted by molar-refractivity contribution is 9.10. The molecule has 1 amide bonds. The molecule has 0 fully saturated rings. The largest absolute Gasteiger partial charge is 0.486 e. The van der Waals surface area contributed by atoms with Gasteiger partial charge < -0.3 is 19.5 Å². The Morgan fingerprint density at radius 1 is 1.24 bits per heavy atom. The summed E-state index contributed by atoms with van der Waals surface area (Å²) in [5.74, 6) is 0.493. The molecular formula is C17H16BrNO5S. The van der Waals surface area contributed by atoms with Gasteiger partial charge >= 0.3 is 5.97 Å². The molecule has 0 saturated heterocycles. The topological polar surface area (TPSA) is 73.9 Å². The highest BCUT2D eigenvalue weighted by Crippen LogP contribution is 2.35. The van der Waals surface area contributed by atoms with Crippen LogP contribution in [0.2, 0.25) is 0 Å². The third kappa shape index (κ3) is 4.52. The van der Waals surface area contributed by atoms with E-state index < -0.39 is 5.97 Å².